The molecule has 0 fully saturated rings. The number of hydrogen-bond donors (Lipinski definition) is 0. The highest BCUT2D eigenvalue weighted by molar-refractivity contribution is 5.73. The lowest BCUT2D eigenvalue weighted by Crippen LogP contribution is -2.14. The number of fused-ring (bicyclic) bond motifs is 1. The molecule has 0 spiro atoms. The van der Waals surface area contributed by atoms with Crippen molar-refractivity contribution in [3.63, 3.8) is 0 Å². The van der Waals surface area contributed by atoms with E-state index in [9.17, 15) is 4.79 Å². The number of carbonyl (C=O) groups excluding carboxylic acids is 1. The van der Waals surface area contributed by atoms with Gasteiger partial charge in [0.1, 0.15) is 5.52 Å². The topological polar surface area (TPSA) is 61.6 Å². The smallest absolute Gasteiger partial charge is 0.395 e. The molecule has 2 aromatic rings. The number of ether oxygens (including phenoxy) is 2. The normalized spacial score (nSPS) is 10.3. The van der Waals surface area contributed by atoms with E-state index in [1.165, 1.54) is 0 Å². The lowest BCUT2D eigenvalue weighted by atomic mass is 10.3. The van der Waals surface area contributed by atoms with E-state index in [0.717, 1.165) is 0 Å². The van der Waals surface area contributed by atoms with Crippen molar-refractivity contribution < 1.29 is 18.7 Å². The zero-order chi connectivity index (χ0) is 11.4. The van der Waals surface area contributed by atoms with Crippen molar-refractivity contribution in [3.8, 4) is 6.08 Å². The number of benzene rings is 1. The fourth-order valence-corrected chi connectivity index (χ4v) is 1.24. The largest absolute Gasteiger partial charge is 0.463 e. The number of nitrogens with zero attached hydrogens (tertiary/aromatic N) is 1. The predicted octanol–water partition coefficient (Wildman–Crippen LogP) is 1.77. The number of carbonyl (C=O) groups is 1. The van der Waals surface area contributed by atoms with Gasteiger partial charge in [-0.2, -0.15) is 4.98 Å². The summed E-state index contributed by atoms with van der Waals surface area (Å²) in [6, 6.07) is 7.26. The molecule has 84 valence electrons. The van der Waals surface area contributed by atoms with Crippen molar-refractivity contribution in [2.24, 2.45) is 0 Å². The van der Waals surface area contributed by atoms with Crippen molar-refractivity contribution in [2.75, 3.05) is 13.2 Å². The first-order chi connectivity index (χ1) is 7.79. The van der Waals surface area contributed by atoms with Crippen molar-refractivity contribution in [1.29, 1.82) is 0 Å². The van der Waals surface area contributed by atoms with Crippen LogP contribution in [-0.4, -0.2) is 24.2 Å². The standard InChI is InChI=1S/C11H11NO4/c1-2-14-10(13)7-15-11-12-8-5-3-4-6-9(8)16-11/h3-6H,2,7H2,1H3. The molecule has 5 heteroatoms. The van der Waals surface area contributed by atoms with Crippen LogP contribution in [0.5, 0.6) is 6.08 Å². The Kier molecular flexibility index (Phi) is 3.05. The third kappa shape index (κ3) is 2.31. The van der Waals surface area contributed by atoms with Crippen LogP contribution in [0.2, 0.25) is 0 Å². The predicted molar refractivity (Wildman–Crippen MR) is 56.1 cm³/mol. The summed E-state index contributed by atoms with van der Waals surface area (Å²) in [5.41, 5.74) is 1.32. The first kappa shape index (κ1) is 10.5. The number of aromatic nitrogens is 1. The molecule has 16 heavy (non-hydrogen) atoms. The maximum Gasteiger partial charge on any atom is 0.395 e. The molecule has 1 aromatic heterocycles. The summed E-state index contributed by atoms with van der Waals surface area (Å²) in [6.45, 7) is 1.87. The first-order valence-corrected chi connectivity index (χ1v) is 4.93. The molecule has 0 aliphatic heterocycles. The van der Waals surface area contributed by atoms with Gasteiger partial charge in [-0.3, -0.25) is 0 Å². The Balaban J connectivity index is 2.02. The minimum absolute atomic E-state index is 0.0780. The molecule has 0 aliphatic carbocycles. The highest BCUT2D eigenvalue weighted by Gasteiger charge is 2.08. The van der Waals surface area contributed by atoms with Crippen LogP contribution in [0, 0.1) is 0 Å². The van der Waals surface area contributed by atoms with Gasteiger partial charge in [0.05, 0.1) is 6.61 Å². The van der Waals surface area contributed by atoms with E-state index in [4.69, 9.17) is 13.9 Å². The summed E-state index contributed by atoms with van der Waals surface area (Å²) in [4.78, 5) is 15.1. The molecular formula is C11H11NO4. The molecule has 1 heterocycles. The molecule has 0 N–H and O–H groups in total. The number of hydrogen-bond acceptors (Lipinski definition) is 5. The Bertz CT molecular complexity index is 458. The summed E-state index contributed by atoms with van der Waals surface area (Å²) < 4.78 is 15.0. The van der Waals surface area contributed by atoms with Crippen molar-refractivity contribution in [1.82, 2.24) is 4.98 Å². The molecule has 2 rings (SSSR count). The SMILES string of the molecule is CCOC(=O)COc1nc2ccccc2o1. The minimum atomic E-state index is -0.440. The molecule has 1 aromatic carbocycles. The Morgan fingerprint density at radius 3 is 3.00 bits per heavy atom. The van der Waals surface area contributed by atoms with Crippen molar-refractivity contribution in [2.45, 2.75) is 6.92 Å². The molecule has 0 amide bonds. The zero-order valence-electron chi connectivity index (χ0n) is 8.80. The van der Waals surface area contributed by atoms with Crippen LogP contribution < -0.4 is 4.74 Å². The van der Waals surface area contributed by atoms with E-state index in [2.05, 4.69) is 4.98 Å². The van der Waals surface area contributed by atoms with E-state index < -0.39 is 5.97 Å². The number of esters is 1. The second-order valence-electron chi connectivity index (χ2n) is 3.04. The van der Waals surface area contributed by atoms with Gasteiger partial charge in [-0.15, -0.1) is 0 Å². The third-order valence-electron chi connectivity index (χ3n) is 1.89. The summed E-state index contributed by atoms with van der Waals surface area (Å²) in [5.74, 6) is -0.440. The number of oxazole rings is 1. The van der Waals surface area contributed by atoms with E-state index in [1.807, 2.05) is 12.1 Å². The monoisotopic (exact) mass is 221 g/mol. The van der Waals surface area contributed by atoms with Crippen molar-refractivity contribution >= 4 is 17.1 Å². The molecule has 0 atom stereocenters. The summed E-state index contributed by atoms with van der Waals surface area (Å²) in [7, 11) is 0. The van der Waals surface area contributed by atoms with E-state index in [0.29, 0.717) is 17.7 Å². The average Bonchev–Trinajstić information content (AvgIpc) is 2.69. The van der Waals surface area contributed by atoms with Crippen LogP contribution in [0.3, 0.4) is 0 Å². The van der Waals surface area contributed by atoms with Gasteiger partial charge in [0.2, 0.25) is 0 Å². The molecule has 0 radical (unpaired) electrons. The Labute approximate surface area is 92.0 Å². The van der Waals surface area contributed by atoms with Gasteiger partial charge in [0.25, 0.3) is 0 Å². The molecular weight excluding hydrogens is 210 g/mol. The second-order valence-corrected chi connectivity index (χ2v) is 3.04. The average molecular weight is 221 g/mol. The van der Waals surface area contributed by atoms with Crippen molar-refractivity contribution in [3.05, 3.63) is 24.3 Å². The van der Waals surface area contributed by atoms with Gasteiger partial charge < -0.3 is 13.9 Å². The quantitative estimate of drug-likeness (QED) is 0.736. The molecule has 5 nitrogen and oxygen atoms in total. The fourth-order valence-electron chi connectivity index (χ4n) is 1.24. The van der Waals surface area contributed by atoms with Gasteiger partial charge in [-0.1, -0.05) is 12.1 Å². The van der Waals surface area contributed by atoms with E-state index in [-0.39, 0.29) is 12.7 Å². The molecule has 0 aliphatic rings. The third-order valence-corrected chi connectivity index (χ3v) is 1.89. The van der Waals surface area contributed by atoms with Gasteiger partial charge in [-0.05, 0) is 19.1 Å². The lowest BCUT2D eigenvalue weighted by Gasteiger charge is -2.00. The van der Waals surface area contributed by atoms with Crippen LogP contribution in [0.15, 0.2) is 28.7 Å². The van der Waals surface area contributed by atoms with Crippen LogP contribution in [0.25, 0.3) is 11.1 Å². The summed E-state index contributed by atoms with van der Waals surface area (Å²) >= 11 is 0. The van der Waals surface area contributed by atoms with Crippen LogP contribution in [-0.2, 0) is 9.53 Å². The van der Waals surface area contributed by atoms with Gasteiger partial charge in [0.15, 0.2) is 12.2 Å². The van der Waals surface area contributed by atoms with E-state index in [1.54, 1.807) is 19.1 Å². The van der Waals surface area contributed by atoms with Gasteiger partial charge in [-0.25, -0.2) is 4.79 Å². The maximum absolute atomic E-state index is 11.0. The van der Waals surface area contributed by atoms with Crippen LogP contribution >= 0.6 is 0 Å². The van der Waals surface area contributed by atoms with Crippen LogP contribution in [0.4, 0.5) is 0 Å². The maximum atomic E-state index is 11.0. The number of para-hydroxylation sites is 2. The first-order valence-electron chi connectivity index (χ1n) is 4.93. The Morgan fingerprint density at radius 1 is 1.44 bits per heavy atom. The Hall–Kier alpha value is -2.04. The summed E-state index contributed by atoms with van der Waals surface area (Å²) in [5, 5.41) is 0. The zero-order valence-corrected chi connectivity index (χ0v) is 8.80. The number of rotatable bonds is 4. The molecule has 0 unspecified atom stereocenters. The molecule has 0 saturated heterocycles. The highest BCUT2D eigenvalue weighted by atomic mass is 16.6. The van der Waals surface area contributed by atoms with Gasteiger partial charge in [0, 0.05) is 0 Å². The lowest BCUT2D eigenvalue weighted by molar-refractivity contribution is -0.145. The minimum Gasteiger partial charge on any atom is -0.463 e. The summed E-state index contributed by atoms with van der Waals surface area (Å²) in [6.07, 6.45) is 0.0780. The van der Waals surface area contributed by atoms with Crippen LogP contribution in [0.1, 0.15) is 6.92 Å². The fraction of sp³-hybridized carbons (Fsp3) is 0.273. The second kappa shape index (κ2) is 4.65. The van der Waals surface area contributed by atoms with Gasteiger partial charge >= 0.3 is 12.0 Å². The highest BCUT2D eigenvalue weighted by Crippen LogP contribution is 2.19. The molecule has 0 saturated carbocycles. The Morgan fingerprint density at radius 2 is 2.25 bits per heavy atom. The molecule has 0 bridgehead atoms. The van der Waals surface area contributed by atoms with E-state index >= 15 is 0 Å².